The topological polar surface area (TPSA) is 28.7 Å². The van der Waals surface area contributed by atoms with Gasteiger partial charge in [-0.3, -0.25) is 5.10 Å². The third kappa shape index (κ3) is 1.31. The van der Waals surface area contributed by atoms with E-state index in [2.05, 4.69) is 23.2 Å². The molecule has 13 heavy (non-hydrogen) atoms. The van der Waals surface area contributed by atoms with Gasteiger partial charge in [-0.2, -0.15) is 5.10 Å². The quantitative estimate of drug-likeness (QED) is 0.743. The molecule has 1 N–H and O–H groups in total. The number of benzene rings is 1. The Balaban J connectivity index is 2.77. The van der Waals surface area contributed by atoms with E-state index in [0.29, 0.717) is 0 Å². The molecule has 0 radical (unpaired) electrons. The maximum Gasteiger partial charge on any atom is 0.0698 e. The number of hydrogen-bond acceptors (Lipinski definition) is 1. The first-order valence-electron chi connectivity index (χ1n) is 4.35. The Morgan fingerprint density at radius 1 is 1.46 bits per heavy atom. The summed E-state index contributed by atoms with van der Waals surface area (Å²) < 4.78 is 0. The summed E-state index contributed by atoms with van der Waals surface area (Å²) in [6.07, 6.45) is 0.946. The van der Waals surface area contributed by atoms with Gasteiger partial charge >= 0.3 is 0 Å². The van der Waals surface area contributed by atoms with E-state index in [1.165, 1.54) is 5.39 Å². The lowest BCUT2D eigenvalue weighted by atomic mass is 10.1. The van der Waals surface area contributed by atoms with Gasteiger partial charge in [-0.25, -0.2) is 0 Å². The van der Waals surface area contributed by atoms with Gasteiger partial charge in [0.05, 0.1) is 11.2 Å². The van der Waals surface area contributed by atoms with Crippen LogP contribution in [0.1, 0.15) is 18.2 Å². The van der Waals surface area contributed by atoms with E-state index >= 15 is 0 Å². The predicted molar refractivity (Wildman–Crippen MR) is 55.2 cm³/mol. The third-order valence-electron chi connectivity index (χ3n) is 2.26. The number of aromatic amines is 1. The Labute approximate surface area is 81.9 Å². The Hall–Kier alpha value is -1.02. The maximum atomic E-state index is 5.99. The molecule has 1 aromatic carbocycles. The van der Waals surface area contributed by atoms with Crippen LogP contribution in [0.15, 0.2) is 12.1 Å². The van der Waals surface area contributed by atoms with Gasteiger partial charge in [0.2, 0.25) is 0 Å². The molecule has 0 saturated carbocycles. The molecule has 0 fully saturated rings. The van der Waals surface area contributed by atoms with Gasteiger partial charge in [-0.1, -0.05) is 18.5 Å². The van der Waals surface area contributed by atoms with E-state index in [0.717, 1.165) is 28.2 Å². The highest BCUT2D eigenvalue weighted by atomic mass is 35.5. The predicted octanol–water partition coefficient (Wildman–Crippen LogP) is 3.09. The molecule has 1 heterocycles. The second-order valence-electron chi connectivity index (χ2n) is 3.17. The van der Waals surface area contributed by atoms with E-state index in [-0.39, 0.29) is 0 Å². The van der Waals surface area contributed by atoms with Crippen molar-refractivity contribution in [2.75, 3.05) is 0 Å². The van der Waals surface area contributed by atoms with Crippen LogP contribution >= 0.6 is 11.6 Å². The lowest BCUT2D eigenvalue weighted by Crippen LogP contribution is -1.80. The van der Waals surface area contributed by atoms with Crippen LogP contribution in [0.5, 0.6) is 0 Å². The molecule has 0 atom stereocenters. The highest BCUT2D eigenvalue weighted by Crippen LogP contribution is 2.24. The summed E-state index contributed by atoms with van der Waals surface area (Å²) in [7, 11) is 0. The molecule has 0 saturated heterocycles. The van der Waals surface area contributed by atoms with Crippen LogP contribution in [0.2, 0.25) is 5.02 Å². The van der Waals surface area contributed by atoms with Gasteiger partial charge in [-0.05, 0) is 31.0 Å². The number of nitrogens with one attached hydrogen (secondary N) is 1. The number of nitrogens with zero attached hydrogens (tertiary/aromatic N) is 1. The van der Waals surface area contributed by atoms with E-state index in [4.69, 9.17) is 11.6 Å². The summed E-state index contributed by atoms with van der Waals surface area (Å²) in [6, 6.07) is 4.01. The van der Waals surface area contributed by atoms with E-state index in [1.807, 2.05) is 13.0 Å². The van der Waals surface area contributed by atoms with E-state index < -0.39 is 0 Å². The van der Waals surface area contributed by atoms with Crippen LogP contribution < -0.4 is 0 Å². The minimum atomic E-state index is 0.791. The van der Waals surface area contributed by atoms with Crippen molar-refractivity contribution in [3.8, 4) is 0 Å². The summed E-state index contributed by atoms with van der Waals surface area (Å²) in [5, 5.41) is 9.16. The smallest absolute Gasteiger partial charge is 0.0698 e. The number of rotatable bonds is 1. The fourth-order valence-electron chi connectivity index (χ4n) is 1.47. The molecule has 2 rings (SSSR count). The number of aryl methyl sites for hydroxylation is 2. The average Bonchev–Trinajstić information content (AvgIpc) is 2.48. The largest absolute Gasteiger partial charge is 0.277 e. The van der Waals surface area contributed by atoms with Crippen molar-refractivity contribution in [3.05, 3.63) is 28.4 Å². The second kappa shape index (κ2) is 3.04. The fourth-order valence-corrected chi connectivity index (χ4v) is 1.63. The van der Waals surface area contributed by atoms with Gasteiger partial charge in [-0.15, -0.1) is 0 Å². The summed E-state index contributed by atoms with van der Waals surface area (Å²) in [5.74, 6) is 0. The molecule has 0 unspecified atom stereocenters. The first kappa shape index (κ1) is 8.57. The monoisotopic (exact) mass is 194 g/mol. The molecule has 2 nitrogen and oxygen atoms in total. The molecular weight excluding hydrogens is 184 g/mol. The number of fused-ring (bicyclic) bond motifs is 1. The van der Waals surface area contributed by atoms with Crippen molar-refractivity contribution < 1.29 is 0 Å². The van der Waals surface area contributed by atoms with E-state index in [1.54, 1.807) is 0 Å². The summed E-state index contributed by atoms with van der Waals surface area (Å²) >= 11 is 5.99. The van der Waals surface area contributed by atoms with Crippen molar-refractivity contribution in [2.45, 2.75) is 20.3 Å². The highest BCUT2D eigenvalue weighted by molar-refractivity contribution is 6.32. The minimum Gasteiger partial charge on any atom is -0.277 e. The molecule has 3 heteroatoms. The maximum absolute atomic E-state index is 5.99. The molecule has 0 bridgehead atoms. The van der Waals surface area contributed by atoms with Gasteiger partial charge in [0, 0.05) is 10.4 Å². The van der Waals surface area contributed by atoms with Crippen LogP contribution in [-0.2, 0) is 6.42 Å². The zero-order valence-corrected chi connectivity index (χ0v) is 8.44. The minimum absolute atomic E-state index is 0.791. The normalized spacial score (nSPS) is 11.0. The summed E-state index contributed by atoms with van der Waals surface area (Å²) in [6.45, 7) is 4.10. The lowest BCUT2D eigenvalue weighted by Gasteiger charge is -1.97. The van der Waals surface area contributed by atoms with Crippen LogP contribution in [-0.4, -0.2) is 10.2 Å². The fraction of sp³-hybridized carbons (Fsp3) is 0.300. The Kier molecular flexibility index (Phi) is 2.00. The van der Waals surface area contributed by atoms with Crippen molar-refractivity contribution in [2.24, 2.45) is 0 Å². The lowest BCUT2D eigenvalue weighted by molar-refractivity contribution is 0.988. The molecule has 1 aromatic heterocycles. The Bertz CT molecular complexity index is 445. The average molecular weight is 195 g/mol. The third-order valence-corrected chi connectivity index (χ3v) is 2.66. The molecule has 0 spiro atoms. The first-order valence-corrected chi connectivity index (χ1v) is 4.73. The Morgan fingerprint density at radius 2 is 2.23 bits per heavy atom. The van der Waals surface area contributed by atoms with Gasteiger partial charge < -0.3 is 0 Å². The zero-order chi connectivity index (χ0) is 9.42. The molecule has 0 amide bonds. The Morgan fingerprint density at radius 3 is 2.92 bits per heavy atom. The number of aromatic nitrogens is 2. The van der Waals surface area contributed by atoms with Crippen LogP contribution in [0, 0.1) is 6.92 Å². The molecule has 0 aliphatic carbocycles. The van der Waals surface area contributed by atoms with Gasteiger partial charge in [0.1, 0.15) is 0 Å². The molecular formula is C10H11ClN2. The second-order valence-corrected chi connectivity index (χ2v) is 3.58. The summed E-state index contributed by atoms with van der Waals surface area (Å²) in [5.41, 5.74) is 3.23. The first-order chi connectivity index (χ1) is 6.22. The zero-order valence-electron chi connectivity index (χ0n) is 7.69. The SMILES string of the molecule is CCc1n[nH]c2cc(Cl)c(C)cc12. The standard InChI is InChI=1S/C10H11ClN2/c1-3-9-7-4-6(2)8(11)5-10(7)13-12-9/h4-5H,3H2,1-2H3,(H,12,13). The van der Waals surface area contributed by atoms with E-state index in [9.17, 15) is 0 Å². The van der Waals surface area contributed by atoms with Crippen LogP contribution in [0.3, 0.4) is 0 Å². The van der Waals surface area contributed by atoms with Gasteiger partial charge in [0.15, 0.2) is 0 Å². The summed E-state index contributed by atoms with van der Waals surface area (Å²) in [4.78, 5) is 0. The van der Waals surface area contributed by atoms with Crippen LogP contribution in [0.4, 0.5) is 0 Å². The van der Waals surface area contributed by atoms with Crippen molar-refractivity contribution in [3.63, 3.8) is 0 Å². The number of H-pyrrole nitrogens is 1. The van der Waals surface area contributed by atoms with Crippen molar-refractivity contribution >= 4 is 22.5 Å². The number of hydrogen-bond donors (Lipinski definition) is 1. The van der Waals surface area contributed by atoms with Crippen LogP contribution in [0.25, 0.3) is 10.9 Å². The molecule has 2 aromatic rings. The molecule has 0 aliphatic rings. The van der Waals surface area contributed by atoms with Crippen molar-refractivity contribution in [1.29, 1.82) is 0 Å². The highest BCUT2D eigenvalue weighted by Gasteiger charge is 2.05. The van der Waals surface area contributed by atoms with Crippen molar-refractivity contribution in [1.82, 2.24) is 10.2 Å². The molecule has 68 valence electrons. The van der Waals surface area contributed by atoms with Gasteiger partial charge in [0.25, 0.3) is 0 Å². The number of halogens is 1. The molecule has 0 aliphatic heterocycles.